The van der Waals surface area contributed by atoms with E-state index in [1.165, 1.54) is 6.21 Å². The lowest BCUT2D eigenvalue weighted by Gasteiger charge is -2.11. The van der Waals surface area contributed by atoms with Crippen LogP contribution in [-0.4, -0.2) is 31.9 Å². The zero-order valence-electron chi connectivity index (χ0n) is 15.3. The number of carbonyl (C=O) groups excluding carboxylic acids is 1. The molecule has 0 aliphatic rings. The molecule has 0 radical (unpaired) electrons. The Kier molecular flexibility index (Phi) is 7.49. The second-order valence-corrected chi connectivity index (χ2v) is 5.50. The van der Waals surface area contributed by atoms with Crippen molar-refractivity contribution in [2.45, 2.75) is 20.8 Å². The van der Waals surface area contributed by atoms with E-state index in [-0.39, 0.29) is 12.5 Å². The summed E-state index contributed by atoms with van der Waals surface area (Å²) in [5.41, 5.74) is 2.59. The summed E-state index contributed by atoms with van der Waals surface area (Å²) in [4.78, 5) is 16.9. The Morgan fingerprint density at radius 1 is 1.08 bits per heavy atom. The Labute approximate surface area is 153 Å². The molecule has 2 aromatic carbocycles. The number of nitrogens with one attached hydrogen (secondary N) is 1. The summed E-state index contributed by atoms with van der Waals surface area (Å²) in [6, 6.07) is 13.0. The first-order chi connectivity index (χ1) is 12.6. The molecule has 2 aromatic rings. The maximum absolute atomic E-state index is 11.8. The van der Waals surface area contributed by atoms with Crippen LogP contribution in [0.25, 0.3) is 0 Å². The molecule has 0 heterocycles. The third-order valence-electron chi connectivity index (χ3n) is 3.34. The van der Waals surface area contributed by atoms with Gasteiger partial charge < -0.3 is 19.6 Å². The van der Waals surface area contributed by atoms with E-state index in [0.29, 0.717) is 24.7 Å². The molecule has 1 N–H and O–H groups in total. The van der Waals surface area contributed by atoms with Gasteiger partial charge in [-0.3, -0.25) is 4.79 Å². The number of anilines is 1. The van der Waals surface area contributed by atoms with Crippen molar-refractivity contribution < 1.29 is 19.1 Å². The smallest absolute Gasteiger partial charge is 0.265 e. The number of hydrogen-bond acceptors (Lipinski definition) is 5. The van der Waals surface area contributed by atoms with Crippen LogP contribution in [0.1, 0.15) is 25.0 Å². The Morgan fingerprint density at radius 3 is 2.58 bits per heavy atom. The first-order valence-corrected chi connectivity index (χ1v) is 8.54. The highest BCUT2D eigenvalue weighted by molar-refractivity contribution is 5.91. The highest BCUT2D eigenvalue weighted by atomic mass is 16.6. The molecule has 0 unspecified atom stereocenters. The van der Waals surface area contributed by atoms with Crippen LogP contribution in [0.3, 0.4) is 0 Å². The SMILES string of the molecule is CCOc1ccc(C=NOCC(=O)Nc2cccc(C)c2)cc1OCC. The van der Waals surface area contributed by atoms with Gasteiger partial charge in [-0.15, -0.1) is 0 Å². The molecule has 6 nitrogen and oxygen atoms in total. The van der Waals surface area contributed by atoms with Gasteiger partial charge in [0.05, 0.1) is 19.4 Å². The molecule has 138 valence electrons. The van der Waals surface area contributed by atoms with Crippen LogP contribution in [0.5, 0.6) is 11.5 Å². The van der Waals surface area contributed by atoms with Gasteiger partial charge in [0.1, 0.15) is 0 Å². The molecule has 26 heavy (non-hydrogen) atoms. The minimum Gasteiger partial charge on any atom is -0.490 e. The highest BCUT2D eigenvalue weighted by Crippen LogP contribution is 2.28. The van der Waals surface area contributed by atoms with Gasteiger partial charge in [-0.1, -0.05) is 17.3 Å². The fraction of sp³-hybridized carbons (Fsp3) is 0.300. The molecule has 1 amide bonds. The minimum absolute atomic E-state index is 0.167. The van der Waals surface area contributed by atoms with Crippen LogP contribution < -0.4 is 14.8 Å². The third kappa shape index (κ3) is 6.12. The molecule has 0 fully saturated rings. The van der Waals surface area contributed by atoms with Gasteiger partial charge in [0.15, 0.2) is 18.1 Å². The zero-order chi connectivity index (χ0) is 18.8. The van der Waals surface area contributed by atoms with E-state index in [2.05, 4.69) is 10.5 Å². The van der Waals surface area contributed by atoms with Gasteiger partial charge in [0, 0.05) is 11.3 Å². The number of hydrogen-bond donors (Lipinski definition) is 1. The molecular weight excluding hydrogens is 332 g/mol. The van der Waals surface area contributed by atoms with Gasteiger partial charge in [0.2, 0.25) is 0 Å². The van der Waals surface area contributed by atoms with Gasteiger partial charge in [-0.2, -0.15) is 0 Å². The second kappa shape index (κ2) is 10.1. The summed E-state index contributed by atoms with van der Waals surface area (Å²) >= 11 is 0. The van der Waals surface area contributed by atoms with Crippen LogP contribution in [0.2, 0.25) is 0 Å². The quantitative estimate of drug-likeness (QED) is 0.548. The van der Waals surface area contributed by atoms with Crippen molar-refractivity contribution in [1.29, 1.82) is 0 Å². The molecule has 0 aromatic heterocycles. The van der Waals surface area contributed by atoms with Crippen molar-refractivity contribution in [3.8, 4) is 11.5 Å². The van der Waals surface area contributed by atoms with Gasteiger partial charge in [-0.25, -0.2) is 0 Å². The average Bonchev–Trinajstić information content (AvgIpc) is 2.61. The van der Waals surface area contributed by atoms with Crippen molar-refractivity contribution in [3.05, 3.63) is 53.6 Å². The van der Waals surface area contributed by atoms with E-state index in [4.69, 9.17) is 14.3 Å². The number of carbonyl (C=O) groups is 1. The fourth-order valence-electron chi connectivity index (χ4n) is 2.26. The molecule has 0 atom stereocenters. The maximum Gasteiger partial charge on any atom is 0.265 e. The summed E-state index contributed by atoms with van der Waals surface area (Å²) in [6.07, 6.45) is 1.53. The Bertz CT molecular complexity index is 759. The summed E-state index contributed by atoms with van der Waals surface area (Å²) < 4.78 is 11.1. The predicted molar refractivity (Wildman–Crippen MR) is 102 cm³/mol. The third-order valence-corrected chi connectivity index (χ3v) is 3.34. The van der Waals surface area contributed by atoms with Crippen LogP contribution >= 0.6 is 0 Å². The lowest BCUT2D eigenvalue weighted by molar-refractivity contribution is -0.120. The van der Waals surface area contributed by atoms with E-state index in [0.717, 1.165) is 16.8 Å². The number of amides is 1. The van der Waals surface area contributed by atoms with Crippen molar-refractivity contribution in [3.63, 3.8) is 0 Å². The van der Waals surface area contributed by atoms with Crippen LogP contribution in [0, 0.1) is 6.92 Å². The van der Waals surface area contributed by atoms with Gasteiger partial charge in [0.25, 0.3) is 5.91 Å². The second-order valence-electron chi connectivity index (χ2n) is 5.50. The van der Waals surface area contributed by atoms with Crippen molar-refractivity contribution in [1.82, 2.24) is 0 Å². The highest BCUT2D eigenvalue weighted by Gasteiger charge is 2.06. The number of nitrogens with zero attached hydrogens (tertiary/aromatic N) is 1. The molecule has 0 spiro atoms. The monoisotopic (exact) mass is 356 g/mol. The van der Waals surface area contributed by atoms with Gasteiger partial charge >= 0.3 is 0 Å². The summed E-state index contributed by atoms with van der Waals surface area (Å²) in [7, 11) is 0. The molecule has 0 bridgehead atoms. The zero-order valence-corrected chi connectivity index (χ0v) is 15.3. The largest absolute Gasteiger partial charge is 0.490 e. The number of aryl methyl sites for hydroxylation is 1. The Balaban J connectivity index is 1.87. The van der Waals surface area contributed by atoms with Crippen molar-refractivity contribution in [2.75, 3.05) is 25.1 Å². The number of rotatable bonds is 9. The fourth-order valence-corrected chi connectivity index (χ4v) is 2.26. The molecule has 2 rings (SSSR count). The van der Waals surface area contributed by atoms with E-state index in [1.807, 2.05) is 63.2 Å². The van der Waals surface area contributed by atoms with Gasteiger partial charge in [-0.05, 0) is 56.7 Å². The molecular formula is C20H24N2O4. The molecule has 0 saturated heterocycles. The molecule has 0 saturated carbocycles. The first-order valence-electron chi connectivity index (χ1n) is 8.54. The standard InChI is InChI=1S/C20H24N2O4/c1-4-24-18-10-9-16(12-19(18)25-5-2)13-21-26-14-20(23)22-17-8-6-7-15(3)11-17/h6-13H,4-5,14H2,1-3H3,(H,22,23). The summed E-state index contributed by atoms with van der Waals surface area (Å²) in [5.74, 6) is 1.06. The van der Waals surface area contributed by atoms with Crippen LogP contribution in [0.15, 0.2) is 47.6 Å². The Morgan fingerprint density at radius 2 is 1.85 bits per heavy atom. The maximum atomic E-state index is 11.8. The summed E-state index contributed by atoms with van der Waals surface area (Å²) in [6.45, 7) is 6.72. The lowest BCUT2D eigenvalue weighted by atomic mass is 10.2. The van der Waals surface area contributed by atoms with Crippen molar-refractivity contribution >= 4 is 17.8 Å². The Hall–Kier alpha value is -3.02. The number of ether oxygens (including phenoxy) is 2. The number of benzene rings is 2. The van der Waals surface area contributed by atoms with E-state index < -0.39 is 0 Å². The molecule has 6 heteroatoms. The van der Waals surface area contributed by atoms with Crippen LogP contribution in [0.4, 0.5) is 5.69 Å². The normalized spacial score (nSPS) is 10.6. The summed E-state index contributed by atoms with van der Waals surface area (Å²) in [5, 5.41) is 6.59. The first kappa shape index (κ1) is 19.3. The lowest BCUT2D eigenvalue weighted by Crippen LogP contribution is -2.16. The number of oxime groups is 1. The van der Waals surface area contributed by atoms with Crippen LogP contribution in [-0.2, 0) is 9.63 Å². The average molecular weight is 356 g/mol. The van der Waals surface area contributed by atoms with Crippen molar-refractivity contribution in [2.24, 2.45) is 5.16 Å². The molecule has 0 aliphatic carbocycles. The van der Waals surface area contributed by atoms with E-state index in [9.17, 15) is 4.79 Å². The molecule has 0 aliphatic heterocycles. The van der Waals surface area contributed by atoms with E-state index >= 15 is 0 Å². The minimum atomic E-state index is -0.269. The van der Waals surface area contributed by atoms with E-state index in [1.54, 1.807) is 0 Å². The topological polar surface area (TPSA) is 69.2 Å². The predicted octanol–water partition coefficient (Wildman–Crippen LogP) is 3.78.